The number of carbonyl (C=O) groups excluding carboxylic acids is 1. The van der Waals surface area contributed by atoms with Crippen LogP contribution in [0.25, 0.3) is 0 Å². The number of rotatable bonds is 3. The number of hydrogen-bond donors (Lipinski definition) is 2. The van der Waals surface area contributed by atoms with Crippen LogP contribution in [0.2, 0.25) is 0 Å². The Balaban J connectivity index is 2.82. The van der Waals surface area contributed by atoms with Gasteiger partial charge in [0, 0.05) is 16.1 Å². The fourth-order valence-corrected chi connectivity index (χ4v) is 1.70. The van der Waals surface area contributed by atoms with Crippen LogP contribution in [0.15, 0.2) is 22.7 Å². The van der Waals surface area contributed by atoms with Crippen molar-refractivity contribution < 1.29 is 9.90 Å². The van der Waals surface area contributed by atoms with Crippen molar-refractivity contribution in [2.75, 3.05) is 6.61 Å². The van der Waals surface area contributed by atoms with Crippen LogP contribution in [-0.2, 0) is 0 Å². The average Bonchev–Trinajstić information content (AvgIpc) is 2.17. The minimum atomic E-state index is -0.222. The van der Waals surface area contributed by atoms with Crippen molar-refractivity contribution in [3.05, 3.63) is 33.8 Å². The molecule has 1 aromatic carbocycles. The SMILES string of the molecule is Cc1cc(Br)ccc1C(=O)N[C@@H](C)CO. The van der Waals surface area contributed by atoms with E-state index in [1.165, 1.54) is 0 Å². The molecule has 0 aliphatic heterocycles. The highest BCUT2D eigenvalue weighted by Crippen LogP contribution is 2.15. The molecule has 0 unspecified atom stereocenters. The van der Waals surface area contributed by atoms with Crippen LogP contribution in [0.1, 0.15) is 22.8 Å². The minimum Gasteiger partial charge on any atom is -0.394 e. The van der Waals surface area contributed by atoms with Crippen LogP contribution < -0.4 is 5.32 Å². The molecule has 2 N–H and O–H groups in total. The Morgan fingerprint density at radius 2 is 2.27 bits per heavy atom. The standard InChI is InChI=1S/C11H14BrNO2/c1-7-5-9(12)3-4-10(7)11(15)13-8(2)6-14/h3-5,8,14H,6H2,1-2H3,(H,13,15)/t8-/m0/s1. The molecule has 15 heavy (non-hydrogen) atoms. The van der Waals surface area contributed by atoms with Gasteiger partial charge in [0.25, 0.3) is 5.91 Å². The second-order valence-corrected chi connectivity index (χ2v) is 4.43. The first kappa shape index (κ1) is 12.2. The zero-order valence-corrected chi connectivity index (χ0v) is 10.3. The Morgan fingerprint density at radius 1 is 1.60 bits per heavy atom. The van der Waals surface area contributed by atoms with Gasteiger partial charge in [-0.15, -0.1) is 0 Å². The third kappa shape index (κ3) is 3.32. The summed E-state index contributed by atoms with van der Waals surface area (Å²) in [6, 6.07) is 5.25. The van der Waals surface area contributed by atoms with Gasteiger partial charge in [0.1, 0.15) is 0 Å². The molecule has 0 aliphatic rings. The van der Waals surface area contributed by atoms with Crippen molar-refractivity contribution in [3.63, 3.8) is 0 Å². The number of aryl methyl sites for hydroxylation is 1. The van der Waals surface area contributed by atoms with E-state index in [9.17, 15) is 4.79 Å². The van der Waals surface area contributed by atoms with Gasteiger partial charge in [-0.3, -0.25) is 4.79 Å². The first-order valence-corrected chi connectivity index (χ1v) is 5.51. The molecule has 1 amide bonds. The largest absolute Gasteiger partial charge is 0.394 e. The highest BCUT2D eigenvalue weighted by atomic mass is 79.9. The molecule has 0 heterocycles. The third-order valence-electron chi connectivity index (χ3n) is 2.08. The maximum absolute atomic E-state index is 11.7. The Labute approximate surface area is 97.6 Å². The quantitative estimate of drug-likeness (QED) is 0.882. The van der Waals surface area contributed by atoms with E-state index < -0.39 is 0 Å². The lowest BCUT2D eigenvalue weighted by Gasteiger charge is -2.12. The van der Waals surface area contributed by atoms with Gasteiger partial charge >= 0.3 is 0 Å². The number of nitrogens with one attached hydrogen (secondary N) is 1. The molecule has 3 nitrogen and oxygen atoms in total. The van der Waals surface area contributed by atoms with E-state index >= 15 is 0 Å². The molecule has 4 heteroatoms. The summed E-state index contributed by atoms with van der Waals surface area (Å²) in [7, 11) is 0. The normalized spacial score (nSPS) is 12.3. The maximum atomic E-state index is 11.7. The minimum absolute atomic E-state index is 0.0543. The highest BCUT2D eigenvalue weighted by Gasteiger charge is 2.11. The fraction of sp³-hybridized carbons (Fsp3) is 0.364. The number of amides is 1. The smallest absolute Gasteiger partial charge is 0.251 e. The third-order valence-corrected chi connectivity index (χ3v) is 2.58. The van der Waals surface area contributed by atoms with E-state index in [0.29, 0.717) is 5.56 Å². The summed E-state index contributed by atoms with van der Waals surface area (Å²) in [4.78, 5) is 11.7. The number of carbonyl (C=O) groups is 1. The summed E-state index contributed by atoms with van der Waals surface area (Å²) < 4.78 is 0.951. The summed E-state index contributed by atoms with van der Waals surface area (Å²) in [6.07, 6.45) is 0. The first-order valence-electron chi connectivity index (χ1n) is 4.72. The Bertz CT molecular complexity index is 366. The van der Waals surface area contributed by atoms with E-state index in [1.54, 1.807) is 13.0 Å². The maximum Gasteiger partial charge on any atom is 0.251 e. The van der Waals surface area contributed by atoms with Crippen LogP contribution in [0.3, 0.4) is 0 Å². The summed E-state index contributed by atoms with van der Waals surface area (Å²) >= 11 is 3.34. The molecule has 1 aromatic rings. The van der Waals surface area contributed by atoms with Crippen LogP contribution in [0.4, 0.5) is 0 Å². The van der Waals surface area contributed by atoms with Crippen molar-refractivity contribution in [1.82, 2.24) is 5.32 Å². The van der Waals surface area contributed by atoms with Crippen LogP contribution in [-0.4, -0.2) is 23.7 Å². The van der Waals surface area contributed by atoms with Crippen LogP contribution in [0.5, 0.6) is 0 Å². The Morgan fingerprint density at radius 3 is 2.80 bits per heavy atom. The Hall–Kier alpha value is -0.870. The van der Waals surface area contributed by atoms with Gasteiger partial charge in [0.2, 0.25) is 0 Å². The lowest BCUT2D eigenvalue weighted by molar-refractivity contribution is 0.0921. The summed E-state index contributed by atoms with van der Waals surface area (Å²) in [5, 5.41) is 11.5. The molecule has 0 saturated heterocycles. The molecule has 82 valence electrons. The molecule has 0 aliphatic carbocycles. The number of aliphatic hydroxyl groups excluding tert-OH is 1. The molecule has 1 atom stereocenters. The van der Waals surface area contributed by atoms with Gasteiger partial charge in [0.15, 0.2) is 0 Å². The van der Waals surface area contributed by atoms with Gasteiger partial charge in [-0.25, -0.2) is 0 Å². The molecule has 0 fully saturated rings. The number of halogens is 1. The van der Waals surface area contributed by atoms with E-state index in [1.807, 2.05) is 19.1 Å². The van der Waals surface area contributed by atoms with Gasteiger partial charge in [-0.1, -0.05) is 15.9 Å². The first-order chi connectivity index (χ1) is 7.04. The van der Waals surface area contributed by atoms with Gasteiger partial charge < -0.3 is 10.4 Å². The molecule has 0 bridgehead atoms. The van der Waals surface area contributed by atoms with E-state index in [2.05, 4.69) is 21.2 Å². The number of hydrogen-bond acceptors (Lipinski definition) is 2. The molecular weight excluding hydrogens is 258 g/mol. The van der Waals surface area contributed by atoms with E-state index in [-0.39, 0.29) is 18.6 Å². The molecule has 0 spiro atoms. The molecule has 1 rings (SSSR count). The van der Waals surface area contributed by atoms with Crippen LogP contribution in [0, 0.1) is 6.92 Å². The van der Waals surface area contributed by atoms with Gasteiger partial charge in [-0.05, 0) is 37.6 Å². The van der Waals surface area contributed by atoms with E-state index in [0.717, 1.165) is 10.0 Å². The zero-order chi connectivity index (χ0) is 11.4. The van der Waals surface area contributed by atoms with Crippen molar-refractivity contribution in [2.24, 2.45) is 0 Å². The topological polar surface area (TPSA) is 49.3 Å². The fourth-order valence-electron chi connectivity index (χ4n) is 1.23. The lowest BCUT2D eigenvalue weighted by Crippen LogP contribution is -2.35. The van der Waals surface area contributed by atoms with Gasteiger partial charge in [0.05, 0.1) is 6.61 Å². The monoisotopic (exact) mass is 271 g/mol. The second-order valence-electron chi connectivity index (χ2n) is 3.52. The average molecular weight is 272 g/mol. The molecule has 0 radical (unpaired) electrons. The van der Waals surface area contributed by atoms with Crippen LogP contribution >= 0.6 is 15.9 Å². The second kappa shape index (κ2) is 5.28. The van der Waals surface area contributed by atoms with Crippen molar-refractivity contribution in [2.45, 2.75) is 19.9 Å². The summed E-state index contributed by atoms with van der Waals surface area (Å²) in [6.45, 7) is 3.58. The molecule has 0 saturated carbocycles. The lowest BCUT2D eigenvalue weighted by atomic mass is 10.1. The highest BCUT2D eigenvalue weighted by molar-refractivity contribution is 9.10. The summed E-state index contributed by atoms with van der Waals surface area (Å²) in [5.41, 5.74) is 1.55. The van der Waals surface area contributed by atoms with Crippen molar-refractivity contribution >= 4 is 21.8 Å². The molecule has 0 aromatic heterocycles. The van der Waals surface area contributed by atoms with Crippen molar-refractivity contribution in [3.8, 4) is 0 Å². The predicted molar refractivity (Wildman–Crippen MR) is 62.9 cm³/mol. The van der Waals surface area contributed by atoms with Gasteiger partial charge in [-0.2, -0.15) is 0 Å². The van der Waals surface area contributed by atoms with Crippen molar-refractivity contribution in [1.29, 1.82) is 0 Å². The number of aliphatic hydroxyl groups is 1. The Kier molecular flexibility index (Phi) is 4.29. The predicted octanol–water partition coefficient (Wildman–Crippen LogP) is 1.87. The number of benzene rings is 1. The summed E-state index contributed by atoms with van der Waals surface area (Å²) in [5.74, 6) is -0.151. The van der Waals surface area contributed by atoms with E-state index in [4.69, 9.17) is 5.11 Å². The molecular formula is C11H14BrNO2. The zero-order valence-electron chi connectivity index (χ0n) is 8.75.